The molecule has 0 spiro atoms. The number of hydrogen-bond acceptors (Lipinski definition) is 4. The maximum Gasteiger partial charge on any atom is 0.118 e. The Morgan fingerprint density at radius 3 is 2.48 bits per heavy atom. The molecule has 0 amide bonds. The van der Waals surface area contributed by atoms with Crippen molar-refractivity contribution in [3.8, 4) is 5.75 Å². The van der Waals surface area contributed by atoms with E-state index in [0.29, 0.717) is 13.1 Å². The molecule has 112 valence electrons. The second kappa shape index (κ2) is 7.78. The zero-order chi connectivity index (χ0) is 15.1. The van der Waals surface area contributed by atoms with E-state index in [2.05, 4.69) is 5.32 Å². The summed E-state index contributed by atoms with van der Waals surface area (Å²) in [5.41, 5.74) is 2.83. The smallest absolute Gasteiger partial charge is 0.118 e. The van der Waals surface area contributed by atoms with Crippen molar-refractivity contribution >= 4 is 0 Å². The summed E-state index contributed by atoms with van der Waals surface area (Å²) in [5, 5.41) is 22.4. The number of aliphatic hydroxyl groups is 2. The minimum atomic E-state index is -0.558. The zero-order valence-corrected chi connectivity index (χ0v) is 12.1. The molecule has 0 aliphatic heterocycles. The van der Waals surface area contributed by atoms with E-state index in [4.69, 9.17) is 9.84 Å². The summed E-state index contributed by atoms with van der Waals surface area (Å²) in [4.78, 5) is 0. The van der Waals surface area contributed by atoms with Crippen LogP contribution in [-0.2, 0) is 13.2 Å². The molecule has 2 aromatic carbocycles. The third-order valence-corrected chi connectivity index (χ3v) is 3.34. The number of methoxy groups -OCH3 is 1. The predicted octanol–water partition coefficient (Wildman–Crippen LogP) is 2.01. The molecule has 2 aromatic rings. The van der Waals surface area contributed by atoms with Gasteiger partial charge >= 0.3 is 0 Å². The van der Waals surface area contributed by atoms with E-state index in [-0.39, 0.29) is 6.61 Å². The van der Waals surface area contributed by atoms with Gasteiger partial charge in [-0.2, -0.15) is 0 Å². The summed E-state index contributed by atoms with van der Waals surface area (Å²) in [5.74, 6) is 0.778. The Balaban J connectivity index is 1.84. The number of rotatable bonds is 7. The highest BCUT2D eigenvalue weighted by atomic mass is 16.5. The molecule has 0 heterocycles. The molecular weight excluding hydrogens is 266 g/mol. The molecule has 0 fully saturated rings. The van der Waals surface area contributed by atoms with Gasteiger partial charge in [-0.15, -0.1) is 0 Å². The molecule has 0 saturated heterocycles. The van der Waals surface area contributed by atoms with Gasteiger partial charge in [-0.3, -0.25) is 0 Å². The second-order valence-corrected chi connectivity index (χ2v) is 4.90. The van der Waals surface area contributed by atoms with Crippen LogP contribution in [0.5, 0.6) is 5.75 Å². The lowest BCUT2D eigenvalue weighted by atomic mass is 10.1. The number of nitrogens with one attached hydrogen (secondary N) is 1. The average molecular weight is 287 g/mol. The van der Waals surface area contributed by atoms with E-state index in [1.165, 1.54) is 0 Å². The average Bonchev–Trinajstić information content (AvgIpc) is 2.55. The first-order valence-corrected chi connectivity index (χ1v) is 6.94. The van der Waals surface area contributed by atoms with Gasteiger partial charge in [-0.05, 0) is 28.8 Å². The summed E-state index contributed by atoms with van der Waals surface area (Å²) < 4.78 is 5.09. The third-order valence-electron chi connectivity index (χ3n) is 3.34. The van der Waals surface area contributed by atoms with Gasteiger partial charge in [-0.1, -0.05) is 36.4 Å². The fourth-order valence-electron chi connectivity index (χ4n) is 2.14. The first-order chi connectivity index (χ1) is 10.2. The number of aliphatic hydroxyl groups excluding tert-OH is 2. The van der Waals surface area contributed by atoms with E-state index in [9.17, 15) is 5.11 Å². The lowest BCUT2D eigenvalue weighted by molar-refractivity contribution is 0.174. The molecule has 2 rings (SSSR count). The molecule has 21 heavy (non-hydrogen) atoms. The molecule has 4 heteroatoms. The maximum absolute atomic E-state index is 10.1. The van der Waals surface area contributed by atoms with Crippen molar-refractivity contribution in [1.82, 2.24) is 5.32 Å². The molecule has 1 unspecified atom stereocenters. The summed E-state index contributed by atoms with van der Waals surface area (Å²) in [6, 6.07) is 15.1. The first kappa shape index (κ1) is 15.5. The number of hydrogen-bond donors (Lipinski definition) is 3. The SMILES string of the molecule is COc1ccc(C(O)CNCc2cccc(CO)c2)cc1. The van der Waals surface area contributed by atoms with Crippen molar-refractivity contribution in [3.05, 3.63) is 65.2 Å². The molecule has 0 saturated carbocycles. The Hall–Kier alpha value is -1.88. The van der Waals surface area contributed by atoms with Crippen LogP contribution in [0.3, 0.4) is 0 Å². The van der Waals surface area contributed by atoms with Crippen LogP contribution in [-0.4, -0.2) is 23.9 Å². The van der Waals surface area contributed by atoms with Gasteiger partial charge < -0.3 is 20.3 Å². The fraction of sp³-hybridized carbons (Fsp3) is 0.294. The fourth-order valence-corrected chi connectivity index (χ4v) is 2.14. The quantitative estimate of drug-likeness (QED) is 0.729. The minimum absolute atomic E-state index is 0.0440. The summed E-state index contributed by atoms with van der Waals surface area (Å²) in [6.07, 6.45) is -0.558. The molecule has 0 aromatic heterocycles. The minimum Gasteiger partial charge on any atom is -0.497 e. The highest BCUT2D eigenvalue weighted by Gasteiger charge is 2.07. The van der Waals surface area contributed by atoms with Crippen molar-refractivity contribution in [3.63, 3.8) is 0 Å². The molecular formula is C17H21NO3. The largest absolute Gasteiger partial charge is 0.497 e. The highest BCUT2D eigenvalue weighted by molar-refractivity contribution is 5.28. The summed E-state index contributed by atoms with van der Waals surface area (Å²) >= 11 is 0. The Morgan fingerprint density at radius 2 is 1.81 bits per heavy atom. The molecule has 0 bridgehead atoms. The molecule has 0 aliphatic rings. The molecule has 4 nitrogen and oxygen atoms in total. The molecule has 1 atom stereocenters. The van der Waals surface area contributed by atoms with Crippen molar-refractivity contribution in [2.45, 2.75) is 19.3 Å². The first-order valence-electron chi connectivity index (χ1n) is 6.94. The van der Waals surface area contributed by atoms with Crippen LogP contribution < -0.4 is 10.1 Å². The van der Waals surface area contributed by atoms with Gasteiger partial charge in [0.2, 0.25) is 0 Å². The molecule has 0 aliphatic carbocycles. The normalized spacial score (nSPS) is 12.1. The van der Waals surface area contributed by atoms with Gasteiger partial charge in [-0.25, -0.2) is 0 Å². The van der Waals surface area contributed by atoms with Crippen molar-refractivity contribution in [1.29, 1.82) is 0 Å². The van der Waals surface area contributed by atoms with E-state index >= 15 is 0 Å². The van der Waals surface area contributed by atoms with Crippen LogP contribution in [0.25, 0.3) is 0 Å². The second-order valence-electron chi connectivity index (χ2n) is 4.90. The number of benzene rings is 2. The van der Waals surface area contributed by atoms with Crippen molar-refractivity contribution < 1.29 is 14.9 Å². The summed E-state index contributed by atoms with van der Waals surface area (Å²) in [6.45, 7) is 1.17. The van der Waals surface area contributed by atoms with Crippen LogP contribution in [0.15, 0.2) is 48.5 Å². The lowest BCUT2D eigenvalue weighted by Gasteiger charge is -2.13. The molecule has 0 radical (unpaired) electrons. The lowest BCUT2D eigenvalue weighted by Crippen LogP contribution is -2.21. The third kappa shape index (κ3) is 4.56. The zero-order valence-electron chi connectivity index (χ0n) is 12.1. The van der Waals surface area contributed by atoms with Crippen LogP contribution in [0, 0.1) is 0 Å². The van der Waals surface area contributed by atoms with Crippen molar-refractivity contribution in [2.75, 3.05) is 13.7 Å². The van der Waals surface area contributed by atoms with E-state index in [1.54, 1.807) is 7.11 Å². The van der Waals surface area contributed by atoms with Gasteiger partial charge in [0, 0.05) is 13.1 Å². The van der Waals surface area contributed by atoms with Gasteiger partial charge in [0.1, 0.15) is 5.75 Å². The van der Waals surface area contributed by atoms with Gasteiger partial charge in [0.05, 0.1) is 19.8 Å². The Labute approximate surface area is 125 Å². The van der Waals surface area contributed by atoms with Crippen LogP contribution in [0.2, 0.25) is 0 Å². The van der Waals surface area contributed by atoms with Crippen LogP contribution in [0.1, 0.15) is 22.8 Å². The Bertz CT molecular complexity index is 554. The van der Waals surface area contributed by atoms with Crippen LogP contribution >= 0.6 is 0 Å². The summed E-state index contributed by atoms with van der Waals surface area (Å²) in [7, 11) is 1.62. The molecule has 3 N–H and O–H groups in total. The van der Waals surface area contributed by atoms with Crippen molar-refractivity contribution in [2.24, 2.45) is 0 Å². The van der Waals surface area contributed by atoms with E-state index in [1.807, 2.05) is 48.5 Å². The van der Waals surface area contributed by atoms with Gasteiger partial charge in [0.25, 0.3) is 0 Å². The van der Waals surface area contributed by atoms with E-state index < -0.39 is 6.10 Å². The highest BCUT2D eigenvalue weighted by Crippen LogP contribution is 2.17. The maximum atomic E-state index is 10.1. The van der Waals surface area contributed by atoms with Crippen LogP contribution in [0.4, 0.5) is 0 Å². The predicted molar refractivity (Wildman–Crippen MR) is 82.0 cm³/mol. The van der Waals surface area contributed by atoms with E-state index in [0.717, 1.165) is 22.4 Å². The number of ether oxygens (including phenoxy) is 1. The monoisotopic (exact) mass is 287 g/mol. The standard InChI is InChI=1S/C17H21NO3/c1-21-16-7-5-15(6-8-16)17(20)11-18-10-13-3-2-4-14(9-13)12-19/h2-9,17-20H,10-12H2,1H3. The Morgan fingerprint density at radius 1 is 1.10 bits per heavy atom. The Kier molecular flexibility index (Phi) is 5.75. The van der Waals surface area contributed by atoms with Gasteiger partial charge in [0.15, 0.2) is 0 Å². The topological polar surface area (TPSA) is 61.7 Å².